The molecular weight excluding hydrogens is 480 g/mol. The molecule has 3 atom stereocenters. The summed E-state index contributed by atoms with van der Waals surface area (Å²) in [5, 5.41) is 15.0. The molecule has 2 amide bonds. The monoisotopic (exact) mass is 534 g/mol. The SMILES string of the molecule is CCCCCCCCCCCCCCCCCC(=O)N[C@H](C(=O)N[C@@H](Cc1c[nH]cn1)C(=O)O)[C@@H](C)CC. The van der Waals surface area contributed by atoms with Crippen molar-refractivity contribution in [1.29, 1.82) is 0 Å². The highest BCUT2D eigenvalue weighted by molar-refractivity contribution is 5.90. The molecule has 0 aliphatic rings. The predicted molar refractivity (Wildman–Crippen MR) is 153 cm³/mol. The normalized spacial score (nSPS) is 13.6. The number of nitrogens with one attached hydrogen (secondary N) is 3. The van der Waals surface area contributed by atoms with E-state index in [2.05, 4.69) is 27.5 Å². The van der Waals surface area contributed by atoms with Crippen molar-refractivity contribution >= 4 is 17.8 Å². The number of unbranched alkanes of at least 4 members (excludes halogenated alkanes) is 14. The Kier molecular flexibility index (Phi) is 19.1. The average Bonchev–Trinajstić information content (AvgIpc) is 3.41. The highest BCUT2D eigenvalue weighted by Gasteiger charge is 2.30. The maximum atomic E-state index is 12.9. The summed E-state index contributed by atoms with van der Waals surface area (Å²) in [6.45, 7) is 6.10. The lowest BCUT2D eigenvalue weighted by Crippen LogP contribution is -2.54. The van der Waals surface area contributed by atoms with E-state index >= 15 is 0 Å². The molecule has 8 heteroatoms. The highest BCUT2D eigenvalue weighted by atomic mass is 16.4. The third kappa shape index (κ3) is 15.8. The Hall–Kier alpha value is -2.38. The molecule has 0 aliphatic heterocycles. The Morgan fingerprint density at radius 1 is 0.842 bits per heavy atom. The molecule has 4 N–H and O–H groups in total. The molecule has 218 valence electrons. The van der Waals surface area contributed by atoms with E-state index < -0.39 is 24.0 Å². The minimum Gasteiger partial charge on any atom is -0.480 e. The fourth-order valence-electron chi connectivity index (χ4n) is 4.68. The van der Waals surface area contributed by atoms with Crippen molar-refractivity contribution < 1.29 is 19.5 Å². The van der Waals surface area contributed by atoms with Gasteiger partial charge in [-0.1, -0.05) is 117 Å². The van der Waals surface area contributed by atoms with Crippen LogP contribution < -0.4 is 10.6 Å². The van der Waals surface area contributed by atoms with Crippen LogP contribution in [-0.2, 0) is 20.8 Å². The van der Waals surface area contributed by atoms with E-state index in [0.29, 0.717) is 18.5 Å². The molecule has 1 aromatic rings. The predicted octanol–water partition coefficient (Wildman–Crippen LogP) is 6.31. The van der Waals surface area contributed by atoms with Gasteiger partial charge in [0, 0.05) is 19.0 Å². The third-order valence-electron chi connectivity index (χ3n) is 7.40. The number of carboxylic acids is 1. The zero-order valence-corrected chi connectivity index (χ0v) is 24.2. The first kappa shape index (κ1) is 33.6. The van der Waals surface area contributed by atoms with Gasteiger partial charge in [-0.15, -0.1) is 0 Å². The van der Waals surface area contributed by atoms with Gasteiger partial charge in [0.25, 0.3) is 0 Å². The number of nitrogens with zero attached hydrogens (tertiary/aromatic N) is 1. The number of carboxylic acid groups (broad SMARTS) is 1. The fraction of sp³-hybridized carbons (Fsp3) is 0.800. The minimum absolute atomic E-state index is 0.0743. The largest absolute Gasteiger partial charge is 0.480 e. The summed E-state index contributed by atoms with van der Waals surface area (Å²) in [6, 6.07) is -1.87. The van der Waals surface area contributed by atoms with Crippen LogP contribution in [0.1, 0.15) is 136 Å². The van der Waals surface area contributed by atoms with Crippen LogP contribution in [-0.4, -0.2) is 44.9 Å². The van der Waals surface area contributed by atoms with Gasteiger partial charge in [0.05, 0.1) is 12.0 Å². The van der Waals surface area contributed by atoms with Gasteiger partial charge in [-0.05, 0) is 12.3 Å². The first-order valence-electron chi connectivity index (χ1n) is 15.2. The van der Waals surface area contributed by atoms with Gasteiger partial charge in [-0.25, -0.2) is 9.78 Å². The number of aliphatic carboxylic acids is 1. The van der Waals surface area contributed by atoms with Crippen LogP contribution in [0.4, 0.5) is 0 Å². The second-order valence-electron chi connectivity index (χ2n) is 10.8. The lowest BCUT2D eigenvalue weighted by Gasteiger charge is -2.25. The molecule has 0 saturated heterocycles. The summed E-state index contributed by atoms with van der Waals surface area (Å²) in [5.41, 5.74) is 0.551. The number of imidazole rings is 1. The van der Waals surface area contributed by atoms with Crippen molar-refractivity contribution in [3.8, 4) is 0 Å². The molecule has 1 rings (SSSR count). The standard InChI is InChI=1S/C30H54N4O4/c1-4-6-7-8-9-10-11-12-13-14-15-16-17-18-19-20-27(35)34-28(24(3)5-2)29(36)33-26(30(37)38)21-25-22-31-23-32-25/h22-24,26,28H,4-21H2,1-3H3,(H,31,32)(H,33,36)(H,34,35)(H,37,38)/t24-,26-,28-/m0/s1. The smallest absolute Gasteiger partial charge is 0.326 e. The quantitative estimate of drug-likeness (QED) is 0.116. The van der Waals surface area contributed by atoms with Gasteiger partial charge in [0.1, 0.15) is 12.1 Å². The first-order chi connectivity index (χ1) is 18.4. The topological polar surface area (TPSA) is 124 Å². The Balaban J connectivity index is 2.21. The molecule has 1 heterocycles. The molecule has 0 unspecified atom stereocenters. The minimum atomic E-state index is -1.13. The van der Waals surface area contributed by atoms with Crippen LogP contribution in [0, 0.1) is 5.92 Å². The Bertz CT molecular complexity index is 753. The van der Waals surface area contributed by atoms with Crippen molar-refractivity contribution in [3.05, 3.63) is 18.2 Å². The molecule has 38 heavy (non-hydrogen) atoms. The number of carbonyl (C=O) groups is 3. The van der Waals surface area contributed by atoms with Crippen LogP contribution in [0.2, 0.25) is 0 Å². The molecule has 8 nitrogen and oxygen atoms in total. The third-order valence-corrected chi connectivity index (χ3v) is 7.40. The average molecular weight is 535 g/mol. The second-order valence-corrected chi connectivity index (χ2v) is 10.8. The first-order valence-corrected chi connectivity index (χ1v) is 15.2. The number of amides is 2. The van der Waals surface area contributed by atoms with Crippen LogP contribution in [0.25, 0.3) is 0 Å². The van der Waals surface area contributed by atoms with Crippen molar-refractivity contribution in [2.45, 2.75) is 148 Å². The van der Waals surface area contributed by atoms with Crippen molar-refractivity contribution in [2.75, 3.05) is 0 Å². The number of aromatic amines is 1. The summed E-state index contributed by atoms with van der Waals surface area (Å²) >= 11 is 0. The molecule has 0 bridgehead atoms. The number of hydrogen-bond acceptors (Lipinski definition) is 4. The summed E-state index contributed by atoms with van der Waals surface area (Å²) in [5.74, 6) is -1.86. The maximum Gasteiger partial charge on any atom is 0.326 e. The number of aromatic nitrogens is 2. The molecule has 0 aromatic carbocycles. The summed E-state index contributed by atoms with van der Waals surface area (Å²) < 4.78 is 0. The zero-order chi connectivity index (χ0) is 28.0. The lowest BCUT2D eigenvalue weighted by atomic mass is 9.97. The van der Waals surface area contributed by atoms with Crippen LogP contribution in [0.3, 0.4) is 0 Å². The van der Waals surface area contributed by atoms with E-state index in [4.69, 9.17) is 0 Å². The number of H-pyrrole nitrogens is 1. The Morgan fingerprint density at radius 3 is 1.82 bits per heavy atom. The van der Waals surface area contributed by atoms with E-state index in [9.17, 15) is 19.5 Å². The van der Waals surface area contributed by atoms with Gasteiger partial charge in [-0.3, -0.25) is 9.59 Å². The fourth-order valence-corrected chi connectivity index (χ4v) is 4.68. The van der Waals surface area contributed by atoms with Crippen molar-refractivity contribution in [2.24, 2.45) is 5.92 Å². The number of hydrogen-bond donors (Lipinski definition) is 4. The lowest BCUT2D eigenvalue weighted by molar-refractivity contribution is -0.142. The summed E-state index contributed by atoms with van der Waals surface area (Å²) in [4.78, 5) is 44.0. The van der Waals surface area contributed by atoms with Gasteiger partial charge >= 0.3 is 5.97 Å². The van der Waals surface area contributed by atoms with Gasteiger partial charge < -0.3 is 20.7 Å². The highest BCUT2D eigenvalue weighted by Crippen LogP contribution is 2.14. The van der Waals surface area contributed by atoms with Gasteiger partial charge in [0.15, 0.2) is 0 Å². The van der Waals surface area contributed by atoms with Crippen molar-refractivity contribution in [3.63, 3.8) is 0 Å². The van der Waals surface area contributed by atoms with E-state index in [0.717, 1.165) is 19.3 Å². The zero-order valence-electron chi connectivity index (χ0n) is 24.2. The van der Waals surface area contributed by atoms with E-state index in [1.165, 1.54) is 83.4 Å². The molecule has 0 spiro atoms. The van der Waals surface area contributed by atoms with E-state index in [1.807, 2.05) is 13.8 Å². The summed E-state index contributed by atoms with van der Waals surface area (Å²) in [7, 11) is 0. The summed E-state index contributed by atoms with van der Waals surface area (Å²) in [6.07, 6.45) is 23.3. The molecule has 0 saturated carbocycles. The molecule has 0 fully saturated rings. The number of carbonyl (C=O) groups excluding carboxylic acids is 2. The van der Waals surface area contributed by atoms with Crippen LogP contribution in [0.15, 0.2) is 12.5 Å². The molecule has 1 aromatic heterocycles. The molecular formula is C30H54N4O4. The molecule has 0 aliphatic carbocycles. The van der Waals surface area contributed by atoms with Crippen LogP contribution >= 0.6 is 0 Å². The van der Waals surface area contributed by atoms with Crippen LogP contribution in [0.5, 0.6) is 0 Å². The maximum absolute atomic E-state index is 12.9. The van der Waals surface area contributed by atoms with Crippen molar-refractivity contribution in [1.82, 2.24) is 20.6 Å². The molecule has 0 radical (unpaired) electrons. The van der Waals surface area contributed by atoms with E-state index in [-0.39, 0.29) is 18.2 Å². The van der Waals surface area contributed by atoms with Gasteiger partial charge in [0.2, 0.25) is 11.8 Å². The number of rotatable bonds is 24. The Morgan fingerprint density at radius 2 is 1.37 bits per heavy atom. The van der Waals surface area contributed by atoms with Gasteiger partial charge in [-0.2, -0.15) is 0 Å². The second kappa shape index (κ2) is 21.5. The van der Waals surface area contributed by atoms with E-state index in [1.54, 1.807) is 6.20 Å². The Labute approximate surface area is 230 Å².